The van der Waals surface area contributed by atoms with Gasteiger partial charge >= 0.3 is 0 Å². The fraction of sp³-hybridized carbons (Fsp3) is 0.118. The highest BCUT2D eigenvalue weighted by Gasteiger charge is 2.20. The van der Waals surface area contributed by atoms with Crippen LogP contribution in [0.25, 0.3) is 10.6 Å². The monoisotopic (exact) mass is 404 g/mol. The first kappa shape index (κ1) is 19.0. The predicted molar refractivity (Wildman–Crippen MR) is 105 cm³/mol. The van der Waals surface area contributed by atoms with Crippen LogP contribution < -0.4 is 10.0 Å². The van der Waals surface area contributed by atoms with Gasteiger partial charge in [-0.05, 0) is 38.2 Å². The van der Waals surface area contributed by atoms with Gasteiger partial charge in [0.1, 0.15) is 10.7 Å². The van der Waals surface area contributed by atoms with Crippen molar-refractivity contribution in [2.24, 2.45) is 0 Å². The maximum absolute atomic E-state index is 11.9. The first-order valence-corrected chi connectivity index (χ1v) is 10.2. The largest absolute Gasteiger partial charge is 0.350 e. The van der Waals surface area contributed by atoms with Gasteiger partial charge in [0.2, 0.25) is 10.0 Å². The zero-order chi connectivity index (χ0) is 19.6. The average Bonchev–Trinajstić information content (AvgIpc) is 3.08. The molecule has 1 aromatic heterocycles. The quantitative estimate of drug-likeness (QED) is 0.478. The number of benzene rings is 2. The lowest BCUT2D eigenvalue weighted by Gasteiger charge is -2.10. The summed E-state index contributed by atoms with van der Waals surface area (Å²) >= 11 is 1.51. The molecule has 3 aromatic rings. The van der Waals surface area contributed by atoms with Crippen LogP contribution in [0.4, 0.5) is 17.1 Å². The molecule has 0 saturated heterocycles. The summed E-state index contributed by atoms with van der Waals surface area (Å²) in [5, 5.41) is 17.2. The third-order valence-corrected chi connectivity index (χ3v) is 6.17. The number of thiazole rings is 1. The second-order valence-electron chi connectivity index (χ2n) is 5.64. The Morgan fingerprint density at radius 2 is 1.96 bits per heavy atom. The number of rotatable bonds is 6. The molecule has 0 bridgehead atoms. The van der Waals surface area contributed by atoms with Gasteiger partial charge in [0, 0.05) is 28.4 Å². The van der Waals surface area contributed by atoms with Crippen LogP contribution in [0.1, 0.15) is 5.69 Å². The van der Waals surface area contributed by atoms with Crippen molar-refractivity contribution in [3.8, 4) is 10.6 Å². The molecule has 0 fully saturated rings. The van der Waals surface area contributed by atoms with E-state index in [1.807, 2.05) is 30.5 Å². The summed E-state index contributed by atoms with van der Waals surface area (Å²) in [7, 11) is -2.52. The van der Waals surface area contributed by atoms with Crippen molar-refractivity contribution in [3.63, 3.8) is 0 Å². The van der Waals surface area contributed by atoms with Crippen LogP contribution in [-0.2, 0) is 10.0 Å². The van der Waals surface area contributed by atoms with E-state index in [9.17, 15) is 18.5 Å². The summed E-state index contributed by atoms with van der Waals surface area (Å²) in [5.74, 6) is 0. The molecule has 140 valence electrons. The van der Waals surface area contributed by atoms with Crippen LogP contribution >= 0.6 is 11.3 Å². The van der Waals surface area contributed by atoms with E-state index in [1.165, 1.54) is 30.5 Å². The number of aromatic nitrogens is 1. The van der Waals surface area contributed by atoms with Gasteiger partial charge in [-0.25, -0.2) is 18.1 Å². The molecule has 0 spiro atoms. The first-order chi connectivity index (χ1) is 12.8. The number of nitro benzene ring substituents is 1. The molecule has 2 aromatic carbocycles. The van der Waals surface area contributed by atoms with Crippen molar-refractivity contribution in [1.29, 1.82) is 0 Å². The molecule has 27 heavy (non-hydrogen) atoms. The smallest absolute Gasteiger partial charge is 0.294 e. The molecule has 0 amide bonds. The van der Waals surface area contributed by atoms with Crippen molar-refractivity contribution >= 4 is 38.4 Å². The lowest BCUT2D eigenvalue weighted by molar-refractivity contribution is -0.384. The van der Waals surface area contributed by atoms with Crippen LogP contribution in [-0.4, -0.2) is 25.4 Å². The number of nitrogens with zero attached hydrogens (tertiary/aromatic N) is 2. The molecular weight excluding hydrogens is 388 g/mol. The highest BCUT2D eigenvalue weighted by Crippen LogP contribution is 2.32. The second-order valence-corrected chi connectivity index (χ2v) is 8.39. The SMILES string of the molecule is CNS(=O)(=O)c1ccc(Nc2cccc(-c3nc(C)cs3)c2)c([N+](=O)[O-])c1. The number of aryl methyl sites for hydroxylation is 1. The van der Waals surface area contributed by atoms with Gasteiger partial charge in [-0.1, -0.05) is 12.1 Å². The third-order valence-electron chi connectivity index (χ3n) is 3.75. The zero-order valence-corrected chi connectivity index (χ0v) is 16.1. The van der Waals surface area contributed by atoms with Crippen molar-refractivity contribution < 1.29 is 13.3 Å². The van der Waals surface area contributed by atoms with E-state index < -0.39 is 14.9 Å². The Morgan fingerprint density at radius 3 is 2.59 bits per heavy atom. The van der Waals surface area contributed by atoms with Gasteiger partial charge in [0.15, 0.2) is 0 Å². The molecule has 8 nitrogen and oxygen atoms in total. The minimum atomic E-state index is -3.77. The molecule has 0 aliphatic rings. The Bertz CT molecular complexity index is 1110. The molecule has 3 rings (SSSR count). The Morgan fingerprint density at radius 1 is 1.19 bits per heavy atom. The van der Waals surface area contributed by atoms with Crippen molar-refractivity contribution in [2.75, 3.05) is 12.4 Å². The first-order valence-electron chi connectivity index (χ1n) is 7.82. The molecule has 1 heterocycles. The van der Waals surface area contributed by atoms with Crippen molar-refractivity contribution in [3.05, 3.63) is 63.7 Å². The maximum Gasteiger partial charge on any atom is 0.294 e. The molecule has 2 N–H and O–H groups in total. The molecule has 0 unspecified atom stereocenters. The molecule has 10 heteroatoms. The van der Waals surface area contributed by atoms with Crippen LogP contribution in [0.2, 0.25) is 0 Å². The van der Waals surface area contributed by atoms with Crippen LogP contribution in [0, 0.1) is 17.0 Å². The lowest BCUT2D eigenvalue weighted by Crippen LogP contribution is -2.18. The summed E-state index contributed by atoms with van der Waals surface area (Å²) in [5.41, 5.74) is 2.30. The Labute approximate surface area is 160 Å². The summed E-state index contributed by atoms with van der Waals surface area (Å²) in [4.78, 5) is 15.1. The van der Waals surface area contributed by atoms with E-state index in [0.717, 1.165) is 22.3 Å². The van der Waals surface area contributed by atoms with Crippen molar-refractivity contribution in [1.82, 2.24) is 9.71 Å². The average molecular weight is 404 g/mol. The highest BCUT2D eigenvalue weighted by atomic mass is 32.2. The highest BCUT2D eigenvalue weighted by molar-refractivity contribution is 7.89. The maximum atomic E-state index is 11.9. The summed E-state index contributed by atoms with van der Waals surface area (Å²) in [6, 6.07) is 11.0. The molecule has 0 radical (unpaired) electrons. The van der Waals surface area contributed by atoms with Gasteiger partial charge in [0.05, 0.1) is 9.82 Å². The van der Waals surface area contributed by atoms with Gasteiger partial charge in [-0.15, -0.1) is 11.3 Å². The number of nitrogens with one attached hydrogen (secondary N) is 2. The molecule has 0 saturated carbocycles. The van der Waals surface area contributed by atoms with Crippen LogP contribution in [0.15, 0.2) is 52.7 Å². The van der Waals surface area contributed by atoms with Gasteiger partial charge < -0.3 is 5.32 Å². The van der Waals surface area contributed by atoms with Crippen molar-refractivity contribution in [2.45, 2.75) is 11.8 Å². The number of hydrogen-bond acceptors (Lipinski definition) is 7. The van der Waals surface area contributed by atoms with E-state index in [4.69, 9.17) is 0 Å². The van der Waals surface area contributed by atoms with Crippen LogP contribution in [0.3, 0.4) is 0 Å². The van der Waals surface area contributed by atoms with Gasteiger partial charge in [0.25, 0.3) is 5.69 Å². The predicted octanol–water partition coefficient (Wildman–Crippen LogP) is 3.68. The number of sulfonamides is 1. The number of anilines is 2. The van der Waals surface area contributed by atoms with E-state index in [2.05, 4.69) is 15.0 Å². The molecule has 0 aliphatic heterocycles. The van der Waals surface area contributed by atoms with Gasteiger partial charge in [-0.3, -0.25) is 10.1 Å². The fourth-order valence-corrected chi connectivity index (χ4v) is 3.97. The minimum absolute atomic E-state index is 0.172. The summed E-state index contributed by atoms with van der Waals surface area (Å²) < 4.78 is 25.9. The normalized spacial score (nSPS) is 11.3. The summed E-state index contributed by atoms with van der Waals surface area (Å²) in [6.45, 7) is 1.91. The second kappa shape index (κ2) is 7.43. The summed E-state index contributed by atoms with van der Waals surface area (Å²) in [6.07, 6.45) is 0. The van der Waals surface area contributed by atoms with E-state index in [-0.39, 0.29) is 16.3 Å². The topological polar surface area (TPSA) is 114 Å². The fourth-order valence-electron chi connectivity index (χ4n) is 2.43. The Kier molecular flexibility index (Phi) is 5.22. The third kappa shape index (κ3) is 4.13. The standard InChI is InChI=1S/C17H16N4O4S2/c1-11-10-26-17(19-11)12-4-3-5-13(8-12)20-15-7-6-14(27(24,25)18-2)9-16(15)21(22)23/h3-10,18,20H,1-2H3. The lowest BCUT2D eigenvalue weighted by atomic mass is 10.2. The minimum Gasteiger partial charge on any atom is -0.350 e. The number of nitro groups is 1. The van der Waals surface area contributed by atoms with E-state index in [0.29, 0.717) is 5.69 Å². The zero-order valence-electron chi connectivity index (χ0n) is 14.5. The Hall–Kier alpha value is -2.82. The van der Waals surface area contributed by atoms with E-state index >= 15 is 0 Å². The van der Waals surface area contributed by atoms with Gasteiger partial charge in [-0.2, -0.15) is 0 Å². The van der Waals surface area contributed by atoms with E-state index in [1.54, 1.807) is 6.07 Å². The number of hydrogen-bond donors (Lipinski definition) is 2. The Balaban J connectivity index is 1.97. The molecular formula is C17H16N4O4S2. The molecule has 0 aliphatic carbocycles. The van der Waals surface area contributed by atoms with Crippen LogP contribution in [0.5, 0.6) is 0 Å². The molecule has 0 atom stereocenters.